The first-order chi connectivity index (χ1) is 21.0. The van der Waals surface area contributed by atoms with Crippen LogP contribution in [0.25, 0.3) is 0 Å². The number of hydrogen-bond donors (Lipinski definition) is 2. The molecule has 10 nitrogen and oxygen atoms in total. The molecule has 3 heterocycles. The second-order valence-electron chi connectivity index (χ2n) is 13.0. The SMILES string of the molecule is COC1=CC23CCCN2CCc2cc4c(cc2[C@@H]3C1OC(=O)[C@@](O)(CCCC(C)(C)O)CC(=O)Oc1ccccc1)OCO4. The van der Waals surface area contributed by atoms with Gasteiger partial charge in [0.15, 0.2) is 23.2 Å². The van der Waals surface area contributed by atoms with Crippen molar-refractivity contribution in [1.29, 1.82) is 0 Å². The van der Waals surface area contributed by atoms with E-state index in [1.807, 2.05) is 12.1 Å². The fourth-order valence-corrected chi connectivity index (χ4v) is 7.29. The van der Waals surface area contributed by atoms with E-state index in [1.165, 1.54) is 0 Å². The highest BCUT2D eigenvalue weighted by Crippen LogP contribution is 2.55. The second-order valence-corrected chi connectivity index (χ2v) is 13.0. The van der Waals surface area contributed by atoms with Crippen LogP contribution >= 0.6 is 0 Å². The van der Waals surface area contributed by atoms with Gasteiger partial charge in [0.2, 0.25) is 6.79 Å². The van der Waals surface area contributed by atoms with E-state index in [0.717, 1.165) is 43.5 Å². The number of aliphatic hydroxyl groups is 2. The summed E-state index contributed by atoms with van der Waals surface area (Å²) in [7, 11) is 1.56. The zero-order valence-electron chi connectivity index (χ0n) is 25.5. The van der Waals surface area contributed by atoms with Gasteiger partial charge in [0.25, 0.3) is 0 Å². The molecule has 1 aliphatic carbocycles. The maximum Gasteiger partial charge on any atom is 0.339 e. The van der Waals surface area contributed by atoms with Crippen LogP contribution in [0.15, 0.2) is 54.3 Å². The molecule has 10 heteroatoms. The Morgan fingerprint density at radius 3 is 2.55 bits per heavy atom. The molecule has 0 bridgehead atoms. The van der Waals surface area contributed by atoms with Gasteiger partial charge in [0.1, 0.15) is 11.5 Å². The van der Waals surface area contributed by atoms with Crippen molar-refractivity contribution in [3.63, 3.8) is 0 Å². The van der Waals surface area contributed by atoms with E-state index in [2.05, 4.69) is 11.0 Å². The van der Waals surface area contributed by atoms with Gasteiger partial charge >= 0.3 is 11.9 Å². The Morgan fingerprint density at radius 1 is 1.07 bits per heavy atom. The Morgan fingerprint density at radius 2 is 1.82 bits per heavy atom. The number of hydrogen-bond acceptors (Lipinski definition) is 10. The number of esters is 2. The summed E-state index contributed by atoms with van der Waals surface area (Å²) in [5.74, 6) is 0.136. The van der Waals surface area contributed by atoms with E-state index >= 15 is 0 Å². The monoisotopic (exact) mass is 607 g/mol. The minimum atomic E-state index is -2.19. The smallest absolute Gasteiger partial charge is 0.339 e. The molecule has 236 valence electrons. The highest BCUT2D eigenvalue weighted by molar-refractivity contribution is 5.86. The van der Waals surface area contributed by atoms with Gasteiger partial charge < -0.3 is 33.9 Å². The predicted octanol–water partition coefficient (Wildman–Crippen LogP) is 4.01. The van der Waals surface area contributed by atoms with Crippen LogP contribution in [-0.4, -0.2) is 76.9 Å². The van der Waals surface area contributed by atoms with Crippen molar-refractivity contribution in [1.82, 2.24) is 4.90 Å². The number of rotatable bonds is 10. The quantitative estimate of drug-likeness (QED) is 0.302. The van der Waals surface area contributed by atoms with Gasteiger partial charge in [-0.25, -0.2) is 4.79 Å². The lowest BCUT2D eigenvalue weighted by Gasteiger charge is -2.39. The van der Waals surface area contributed by atoms with Crippen molar-refractivity contribution < 1.29 is 43.5 Å². The lowest BCUT2D eigenvalue weighted by atomic mass is 9.77. The molecule has 2 aromatic rings. The van der Waals surface area contributed by atoms with Crippen molar-refractivity contribution in [3.05, 3.63) is 65.4 Å². The average molecular weight is 608 g/mol. The molecule has 2 N–H and O–H groups in total. The van der Waals surface area contributed by atoms with Crippen LogP contribution < -0.4 is 14.2 Å². The second kappa shape index (κ2) is 11.7. The zero-order chi connectivity index (χ0) is 31.1. The average Bonchev–Trinajstić information content (AvgIpc) is 3.66. The normalized spacial score (nSPS) is 25.2. The Kier molecular flexibility index (Phi) is 8.11. The van der Waals surface area contributed by atoms with Gasteiger partial charge in [-0.3, -0.25) is 9.69 Å². The number of methoxy groups -OCH3 is 1. The summed E-state index contributed by atoms with van der Waals surface area (Å²) < 4.78 is 29.0. The topological polar surface area (TPSA) is 124 Å². The highest BCUT2D eigenvalue weighted by atomic mass is 16.7. The highest BCUT2D eigenvalue weighted by Gasteiger charge is 2.59. The van der Waals surface area contributed by atoms with Crippen LogP contribution in [-0.2, 0) is 25.5 Å². The van der Waals surface area contributed by atoms with Crippen molar-refractivity contribution in [2.45, 2.75) is 87.6 Å². The lowest BCUT2D eigenvalue weighted by Crippen LogP contribution is -2.49. The Bertz CT molecular complexity index is 1430. The van der Waals surface area contributed by atoms with Crippen LogP contribution in [0.5, 0.6) is 17.2 Å². The summed E-state index contributed by atoms with van der Waals surface area (Å²) in [5, 5.41) is 22.1. The van der Waals surface area contributed by atoms with E-state index in [9.17, 15) is 19.8 Å². The zero-order valence-corrected chi connectivity index (χ0v) is 25.5. The molecule has 4 aliphatic rings. The number of carbonyl (C=O) groups is 2. The third kappa shape index (κ3) is 5.78. The molecule has 2 aromatic carbocycles. The molecule has 0 saturated carbocycles. The fourth-order valence-electron chi connectivity index (χ4n) is 7.29. The molecule has 0 radical (unpaired) electrons. The van der Waals surface area contributed by atoms with Crippen LogP contribution in [0, 0.1) is 0 Å². The molecule has 0 amide bonds. The van der Waals surface area contributed by atoms with E-state index in [1.54, 1.807) is 51.3 Å². The lowest BCUT2D eigenvalue weighted by molar-refractivity contribution is -0.177. The number of ether oxygens (including phenoxy) is 5. The van der Waals surface area contributed by atoms with Gasteiger partial charge in [0.05, 0.1) is 30.6 Å². The Balaban J connectivity index is 1.32. The molecule has 0 aromatic heterocycles. The first-order valence-electron chi connectivity index (χ1n) is 15.4. The van der Waals surface area contributed by atoms with Gasteiger partial charge in [-0.15, -0.1) is 0 Å². The first-order valence-corrected chi connectivity index (χ1v) is 15.4. The standard InChI is InChI=1S/C34H41NO9/c1-32(2,38)12-7-14-34(39,20-28(36)43-23-9-5-4-6-10-23)31(37)44-30-27(40-3)19-33-13-8-15-35(33)16-11-22-17-25-26(42-21-41-25)18-24(22)29(30)33/h4-6,9-10,17-19,29-30,38-39H,7-8,11-16,20-21H2,1-3H3/t29-,30?,33?,34-/m1/s1. The van der Waals surface area contributed by atoms with Gasteiger partial charge in [-0.1, -0.05) is 18.2 Å². The summed E-state index contributed by atoms with van der Waals surface area (Å²) in [6.07, 6.45) is 3.74. The van der Waals surface area contributed by atoms with E-state index in [4.69, 9.17) is 23.7 Å². The van der Waals surface area contributed by atoms with Crippen molar-refractivity contribution >= 4 is 11.9 Å². The summed E-state index contributed by atoms with van der Waals surface area (Å²) in [5.41, 5.74) is -1.56. The summed E-state index contributed by atoms with van der Waals surface area (Å²) in [6.45, 7) is 5.19. The third-order valence-corrected chi connectivity index (χ3v) is 9.37. The molecule has 1 spiro atoms. The molecular formula is C34H41NO9. The third-order valence-electron chi connectivity index (χ3n) is 9.37. The maximum absolute atomic E-state index is 14.1. The molecule has 3 aliphatic heterocycles. The molecule has 4 atom stereocenters. The summed E-state index contributed by atoms with van der Waals surface area (Å²) in [6, 6.07) is 12.5. The number of nitrogens with zero attached hydrogens (tertiary/aromatic N) is 1. The van der Waals surface area contributed by atoms with E-state index in [0.29, 0.717) is 29.4 Å². The number of carbonyl (C=O) groups excluding carboxylic acids is 2. The minimum absolute atomic E-state index is 0.102. The first kappa shape index (κ1) is 30.4. The van der Waals surface area contributed by atoms with Crippen molar-refractivity contribution in [2.75, 3.05) is 27.0 Å². The van der Waals surface area contributed by atoms with Crippen LogP contribution in [0.1, 0.15) is 69.4 Å². The van der Waals surface area contributed by atoms with Crippen LogP contribution in [0.4, 0.5) is 0 Å². The molecule has 2 unspecified atom stereocenters. The van der Waals surface area contributed by atoms with Crippen molar-refractivity contribution in [3.8, 4) is 17.2 Å². The Hall–Kier alpha value is -3.60. The van der Waals surface area contributed by atoms with Crippen molar-refractivity contribution in [2.24, 2.45) is 0 Å². The van der Waals surface area contributed by atoms with Gasteiger partial charge in [-0.2, -0.15) is 0 Å². The fraction of sp³-hybridized carbons (Fsp3) is 0.529. The summed E-state index contributed by atoms with van der Waals surface area (Å²) >= 11 is 0. The largest absolute Gasteiger partial charge is 0.497 e. The van der Waals surface area contributed by atoms with Crippen LogP contribution in [0.3, 0.4) is 0 Å². The number of para-hydroxylation sites is 1. The number of fused-ring (bicyclic) bond motifs is 3. The maximum atomic E-state index is 14.1. The molecule has 44 heavy (non-hydrogen) atoms. The van der Waals surface area contributed by atoms with E-state index < -0.39 is 41.2 Å². The van der Waals surface area contributed by atoms with Gasteiger partial charge in [-0.05, 0) is 100 Å². The number of benzene rings is 2. The summed E-state index contributed by atoms with van der Waals surface area (Å²) in [4.78, 5) is 29.6. The predicted molar refractivity (Wildman–Crippen MR) is 159 cm³/mol. The Labute approximate surface area is 257 Å². The minimum Gasteiger partial charge on any atom is -0.497 e. The molecule has 6 rings (SSSR count). The molecule has 1 saturated heterocycles. The van der Waals surface area contributed by atoms with E-state index in [-0.39, 0.29) is 25.6 Å². The molecular weight excluding hydrogens is 566 g/mol. The van der Waals surface area contributed by atoms with Crippen LogP contribution in [0.2, 0.25) is 0 Å². The van der Waals surface area contributed by atoms with Gasteiger partial charge in [0, 0.05) is 6.54 Å². The molecule has 1 fully saturated rings.